The van der Waals surface area contributed by atoms with Gasteiger partial charge in [-0.25, -0.2) is 4.39 Å². The molecule has 2 aromatic rings. The van der Waals surface area contributed by atoms with E-state index in [9.17, 15) is 9.18 Å². The number of Topliss-reactive ketones (excluding diaryl/α,β-unsaturated/α-hetero) is 1. The number of hydrogen-bond acceptors (Lipinski definition) is 5. The summed E-state index contributed by atoms with van der Waals surface area (Å²) in [5, 5.41) is 13.4. The van der Waals surface area contributed by atoms with Crippen LogP contribution in [-0.2, 0) is 6.42 Å². The maximum Gasteiger partial charge on any atom is 0.174 e. The highest BCUT2D eigenvalue weighted by atomic mass is 19.1. The highest BCUT2D eigenvalue weighted by molar-refractivity contribution is 5.94. The molecule has 0 amide bonds. The molecule has 19 heavy (non-hydrogen) atoms. The quantitative estimate of drug-likeness (QED) is 0.632. The van der Waals surface area contributed by atoms with E-state index in [1.54, 1.807) is 0 Å². The van der Waals surface area contributed by atoms with E-state index in [-0.39, 0.29) is 11.5 Å². The molecule has 1 N–H and O–H groups in total. The highest BCUT2D eigenvalue weighted by Crippen LogP contribution is 2.19. The zero-order chi connectivity index (χ0) is 13.7. The fraction of sp³-hybridized carbons (Fsp3) is 0.333. The van der Waals surface area contributed by atoms with Crippen molar-refractivity contribution in [2.75, 3.05) is 6.61 Å². The number of halogens is 1. The van der Waals surface area contributed by atoms with Gasteiger partial charge in [0.1, 0.15) is 0 Å². The number of carbonyl (C=O) groups excluding carboxylic acids is 1. The van der Waals surface area contributed by atoms with E-state index < -0.39 is 5.82 Å². The van der Waals surface area contributed by atoms with Crippen molar-refractivity contribution in [1.82, 2.24) is 20.6 Å². The molecule has 7 heteroatoms. The third-order valence-corrected chi connectivity index (χ3v) is 2.53. The van der Waals surface area contributed by atoms with Gasteiger partial charge in [0.25, 0.3) is 0 Å². The van der Waals surface area contributed by atoms with Gasteiger partial charge < -0.3 is 4.74 Å². The van der Waals surface area contributed by atoms with Gasteiger partial charge in [-0.1, -0.05) is 5.21 Å². The summed E-state index contributed by atoms with van der Waals surface area (Å²) < 4.78 is 18.8. The molecule has 0 unspecified atom stereocenters. The molecule has 1 aromatic heterocycles. The van der Waals surface area contributed by atoms with Gasteiger partial charge >= 0.3 is 0 Å². The first-order chi connectivity index (χ1) is 9.16. The molecular weight excluding hydrogens is 251 g/mol. The number of rotatable bonds is 6. The Hall–Kier alpha value is -2.31. The van der Waals surface area contributed by atoms with Crippen LogP contribution in [0.25, 0.3) is 0 Å². The highest BCUT2D eigenvalue weighted by Gasteiger charge is 2.07. The largest absolute Gasteiger partial charge is 0.490 e. The monoisotopic (exact) mass is 264 g/mol. The molecule has 1 aromatic carbocycles. The Morgan fingerprint density at radius 1 is 1.47 bits per heavy atom. The van der Waals surface area contributed by atoms with Crippen molar-refractivity contribution < 1.29 is 13.9 Å². The molecule has 0 saturated carbocycles. The molecular formula is C12H13FN4O2. The number of aryl methyl sites for hydroxylation is 1. The van der Waals surface area contributed by atoms with Crippen molar-refractivity contribution in [3.63, 3.8) is 0 Å². The van der Waals surface area contributed by atoms with Crippen LogP contribution in [0.15, 0.2) is 18.2 Å². The van der Waals surface area contributed by atoms with Crippen molar-refractivity contribution in [2.45, 2.75) is 19.8 Å². The zero-order valence-electron chi connectivity index (χ0n) is 10.4. The predicted octanol–water partition coefficient (Wildman–Crippen LogP) is 1.55. The number of aromatic amines is 1. The van der Waals surface area contributed by atoms with Crippen LogP contribution in [0.2, 0.25) is 0 Å². The van der Waals surface area contributed by atoms with Crippen molar-refractivity contribution in [3.05, 3.63) is 35.4 Å². The Balaban J connectivity index is 1.88. The van der Waals surface area contributed by atoms with E-state index in [0.717, 1.165) is 0 Å². The molecule has 0 radical (unpaired) electrons. The lowest BCUT2D eigenvalue weighted by molar-refractivity contribution is 0.101. The number of hydrogen-bond donors (Lipinski definition) is 1. The molecule has 100 valence electrons. The van der Waals surface area contributed by atoms with Gasteiger partial charge in [0.15, 0.2) is 23.2 Å². The number of nitrogens with zero attached hydrogens (tertiary/aromatic N) is 3. The zero-order valence-corrected chi connectivity index (χ0v) is 10.4. The van der Waals surface area contributed by atoms with E-state index in [1.165, 1.54) is 25.1 Å². The second-order valence-corrected chi connectivity index (χ2v) is 3.98. The standard InChI is InChI=1S/C12H13FN4O2/c1-8(18)9-4-5-10(13)11(7-9)19-6-2-3-12-14-16-17-15-12/h4-5,7H,2-3,6H2,1H3,(H,14,15,16,17). The number of tetrazole rings is 1. The summed E-state index contributed by atoms with van der Waals surface area (Å²) in [6.45, 7) is 1.74. The number of aromatic nitrogens is 4. The molecule has 2 rings (SSSR count). The predicted molar refractivity (Wildman–Crippen MR) is 64.4 cm³/mol. The lowest BCUT2D eigenvalue weighted by Gasteiger charge is -2.07. The van der Waals surface area contributed by atoms with Crippen LogP contribution in [-0.4, -0.2) is 33.0 Å². The summed E-state index contributed by atoms with van der Waals surface area (Å²) >= 11 is 0. The van der Waals surface area contributed by atoms with Crippen molar-refractivity contribution in [1.29, 1.82) is 0 Å². The lowest BCUT2D eigenvalue weighted by Crippen LogP contribution is -2.03. The normalized spacial score (nSPS) is 10.4. The van der Waals surface area contributed by atoms with Gasteiger partial charge in [0.2, 0.25) is 0 Å². The summed E-state index contributed by atoms with van der Waals surface area (Å²) in [6, 6.07) is 4.07. The molecule has 0 aliphatic heterocycles. The summed E-state index contributed by atoms with van der Waals surface area (Å²) in [7, 11) is 0. The smallest absolute Gasteiger partial charge is 0.174 e. The number of ketones is 1. The first kappa shape index (κ1) is 13.1. The molecule has 1 heterocycles. The Morgan fingerprint density at radius 3 is 3.00 bits per heavy atom. The van der Waals surface area contributed by atoms with Crippen LogP contribution in [0.3, 0.4) is 0 Å². The maximum atomic E-state index is 13.5. The van der Waals surface area contributed by atoms with Crippen molar-refractivity contribution >= 4 is 5.78 Å². The second-order valence-electron chi connectivity index (χ2n) is 3.98. The Morgan fingerprint density at radius 2 is 2.32 bits per heavy atom. The average Bonchev–Trinajstić information content (AvgIpc) is 2.89. The Kier molecular flexibility index (Phi) is 4.17. The second kappa shape index (κ2) is 6.03. The number of nitrogens with one attached hydrogen (secondary N) is 1. The third kappa shape index (κ3) is 3.57. The molecule has 0 spiro atoms. The van der Waals surface area contributed by atoms with Gasteiger partial charge in [0, 0.05) is 12.0 Å². The number of H-pyrrole nitrogens is 1. The molecule has 0 aliphatic rings. The molecule has 0 aliphatic carbocycles. The van der Waals surface area contributed by atoms with Gasteiger partial charge in [-0.15, -0.1) is 10.2 Å². The van der Waals surface area contributed by atoms with Crippen LogP contribution in [0.1, 0.15) is 29.5 Å². The minimum absolute atomic E-state index is 0.0841. The van der Waals surface area contributed by atoms with E-state index in [2.05, 4.69) is 20.6 Å². The topological polar surface area (TPSA) is 80.8 Å². The summed E-state index contributed by atoms with van der Waals surface area (Å²) in [5.74, 6) is 0.0589. The van der Waals surface area contributed by atoms with E-state index in [0.29, 0.717) is 30.8 Å². The molecule has 0 atom stereocenters. The minimum Gasteiger partial charge on any atom is -0.490 e. The first-order valence-electron chi connectivity index (χ1n) is 5.82. The van der Waals surface area contributed by atoms with E-state index in [4.69, 9.17) is 4.74 Å². The maximum absolute atomic E-state index is 13.5. The van der Waals surface area contributed by atoms with E-state index in [1.807, 2.05) is 0 Å². The molecule has 0 saturated heterocycles. The first-order valence-corrected chi connectivity index (χ1v) is 5.82. The van der Waals surface area contributed by atoms with Crippen molar-refractivity contribution in [3.8, 4) is 5.75 Å². The molecule has 0 fully saturated rings. The minimum atomic E-state index is -0.482. The number of benzene rings is 1. The summed E-state index contributed by atoms with van der Waals surface area (Å²) in [5.41, 5.74) is 0.426. The molecule has 0 bridgehead atoms. The summed E-state index contributed by atoms with van der Waals surface area (Å²) in [4.78, 5) is 11.2. The van der Waals surface area contributed by atoms with Crippen LogP contribution in [0.5, 0.6) is 5.75 Å². The van der Waals surface area contributed by atoms with Crippen LogP contribution in [0.4, 0.5) is 4.39 Å². The Labute approximate surface area is 109 Å². The van der Waals surface area contributed by atoms with Gasteiger partial charge in [-0.05, 0) is 31.5 Å². The molecule has 6 nitrogen and oxygen atoms in total. The lowest BCUT2D eigenvalue weighted by atomic mass is 10.1. The SMILES string of the molecule is CC(=O)c1ccc(F)c(OCCCc2nn[nH]n2)c1. The van der Waals surface area contributed by atoms with Crippen LogP contribution < -0.4 is 4.74 Å². The van der Waals surface area contributed by atoms with Gasteiger partial charge in [0.05, 0.1) is 6.61 Å². The van der Waals surface area contributed by atoms with Gasteiger partial charge in [-0.2, -0.15) is 5.21 Å². The summed E-state index contributed by atoms with van der Waals surface area (Å²) in [6.07, 6.45) is 1.22. The average molecular weight is 264 g/mol. The number of ether oxygens (including phenoxy) is 1. The fourth-order valence-electron chi connectivity index (χ4n) is 1.53. The van der Waals surface area contributed by atoms with Gasteiger partial charge in [-0.3, -0.25) is 4.79 Å². The van der Waals surface area contributed by atoms with Crippen LogP contribution in [0, 0.1) is 5.82 Å². The van der Waals surface area contributed by atoms with E-state index >= 15 is 0 Å². The van der Waals surface area contributed by atoms with Crippen molar-refractivity contribution in [2.24, 2.45) is 0 Å². The number of carbonyl (C=O) groups is 1. The third-order valence-electron chi connectivity index (χ3n) is 2.53. The fourth-order valence-corrected chi connectivity index (χ4v) is 1.53. The van der Waals surface area contributed by atoms with Crippen LogP contribution >= 0.6 is 0 Å². The Bertz CT molecular complexity index is 557.